The first-order chi connectivity index (χ1) is 11.3. The summed E-state index contributed by atoms with van der Waals surface area (Å²) >= 11 is 0. The van der Waals surface area contributed by atoms with Crippen LogP contribution in [0.1, 0.15) is 61.6 Å². The van der Waals surface area contributed by atoms with Gasteiger partial charge in [-0.1, -0.05) is 36.8 Å². The summed E-state index contributed by atoms with van der Waals surface area (Å²) in [7, 11) is 0. The SMILES string of the molecule is Cc1c(C(=O)NCC2(c3ccccc3)CCC2)cnn1C(C)(C)C. The number of hydrogen-bond donors (Lipinski definition) is 1. The van der Waals surface area contributed by atoms with E-state index in [2.05, 4.69) is 55.5 Å². The predicted molar refractivity (Wildman–Crippen MR) is 96.3 cm³/mol. The van der Waals surface area contributed by atoms with Crippen molar-refractivity contribution < 1.29 is 4.79 Å². The van der Waals surface area contributed by atoms with E-state index in [9.17, 15) is 4.79 Å². The fraction of sp³-hybridized carbons (Fsp3) is 0.500. The highest BCUT2D eigenvalue weighted by molar-refractivity contribution is 5.95. The molecule has 3 rings (SSSR count). The van der Waals surface area contributed by atoms with Crippen LogP contribution in [0.2, 0.25) is 0 Å². The van der Waals surface area contributed by atoms with Gasteiger partial charge in [0, 0.05) is 17.7 Å². The third kappa shape index (κ3) is 2.97. The maximum absolute atomic E-state index is 12.7. The Morgan fingerprint density at radius 2 is 1.92 bits per heavy atom. The van der Waals surface area contributed by atoms with Crippen LogP contribution in [0.25, 0.3) is 0 Å². The van der Waals surface area contributed by atoms with Crippen molar-refractivity contribution in [2.24, 2.45) is 0 Å². The molecule has 1 N–H and O–H groups in total. The molecule has 1 aromatic carbocycles. The number of nitrogens with zero attached hydrogens (tertiary/aromatic N) is 2. The molecule has 1 aliphatic rings. The molecule has 1 aromatic heterocycles. The van der Waals surface area contributed by atoms with Crippen molar-refractivity contribution in [1.29, 1.82) is 0 Å². The highest BCUT2D eigenvalue weighted by atomic mass is 16.1. The van der Waals surface area contributed by atoms with Crippen molar-refractivity contribution in [3.05, 3.63) is 53.3 Å². The zero-order valence-corrected chi connectivity index (χ0v) is 15.1. The van der Waals surface area contributed by atoms with Crippen molar-refractivity contribution in [1.82, 2.24) is 15.1 Å². The Kier molecular flexibility index (Phi) is 4.24. The van der Waals surface area contributed by atoms with Crippen molar-refractivity contribution in [3.63, 3.8) is 0 Å². The van der Waals surface area contributed by atoms with Crippen LogP contribution in [0.4, 0.5) is 0 Å². The zero-order chi connectivity index (χ0) is 17.4. The molecule has 128 valence electrons. The predicted octanol–water partition coefficient (Wildman–Crippen LogP) is 3.80. The average Bonchev–Trinajstić information content (AvgIpc) is 2.89. The lowest BCUT2D eigenvalue weighted by Gasteiger charge is -2.42. The number of carbonyl (C=O) groups excluding carboxylic acids is 1. The Morgan fingerprint density at radius 1 is 1.25 bits per heavy atom. The molecule has 0 atom stereocenters. The summed E-state index contributed by atoms with van der Waals surface area (Å²) < 4.78 is 1.91. The van der Waals surface area contributed by atoms with Crippen LogP contribution in [-0.4, -0.2) is 22.2 Å². The van der Waals surface area contributed by atoms with Crippen LogP contribution >= 0.6 is 0 Å². The molecule has 0 bridgehead atoms. The second-order valence-corrected chi connectivity index (χ2v) is 7.91. The van der Waals surface area contributed by atoms with Gasteiger partial charge in [-0.05, 0) is 46.1 Å². The van der Waals surface area contributed by atoms with Gasteiger partial charge in [0.05, 0.1) is 17.3 Å². The minimum absolute atomic E-state index is 0.0230. The van der Waals surface area contributed by atoms with E-state index in [1.807, 2.05) is 17.7 Å². The molecule has 1 fully saturated rings. The van der Waals surface area contributed by atoms with E-state index in [0.29, 0.717) is 12.1 Å². The molecule has 4 nitrogen and oxygen atoms in total. The molecule has 0 unspecified atom stereocenters. The lowest BCUT2D eigenvalue weighted by atomic mass is 9.64. The van der Waals surface area contributed by atoms with Gasteiger partial charge >= 0.3 is 0 Å². The molecule has 1 amide bonds. The second-order valence-electron chi connectivity index (χ2n) is 7.91. The van der Waals surface area contributed by atoms with Crippen LogP contribution in [0.15, 0.2) is 36.5 Å². The third-order valence-electron chi connectivity index (χ3n) is 5.17. The summed E-state index contributed by atoms with van der Waals surface area (Å²) in [4.78, 5) is 12.7. The number of hydrogen-bond acceptors (Lipinski definition) is 2. The highest BCUT2D eigenvalue weighted by Gasteiger charge is 2.38. The van der Waals surface area contributed by atoms with Gasteiger partial charge in [-0.15, -0.1) is 0 Å². The van der Waals surface area contributed by atoms with Crippen molar-refractivity contribution in [2.75, 3.05) is 6.54 Å². The van der Waals surface area contributed by atoms with Crippen molar-refractivity contribution in [2.45, 2.75) is 57.9 Å². The Balaban J connectivity index is 1.73. The summed E-state index contributed by atoms with van der Waals surface area (Å²) in [5, 5.41) is 7.55. The number of nitrogens with one attached hydrogen (secondary N) is 1. The smallest absolute Gasteiger partial charge is 0.254 e. The number of rotatable bonds is 4. The highest BCUT2D eigenvalue weighted by Crippen LogP contribution is 2.43. The maximum atomic E-state index is 12.7. The zero-order valence-electron chi connectivity index (χ0n) is 15.1. The number of benzene rings is 1. The van der Waals surface area contributed by atoms with Crippen LogP contribution in [0, 0.1) is 6.92 Å². The quantitative estimate of drug-likeness (QED) is 0.929. The number of aromatic nitrogens is 2. The lowest BCUT2D eigenvalue weighted by molar-refractivity contribution is 0.0927. The standard InChI is InChI=1S/C20H27N3O/c1-15-17(13-22-23(15)19(2,3)4)18(24)21-14-20(11-8-12-20)16-9-6-5-7-10-16/h5-7,9-10,13H,8,11-12,14H2,1-4H3,(H,21,24). The molecule has 1 saturated carbocycles. The van der Waals surface area contributed by atoms with E-state index in [4.69, 9.17) is 0 Å². The van der Waals surface area contributed by atoms with Gasteiger partial charge < -0.3 is 5.32 Å². The minimum atomic E-state index is -0.123. The fourth-order valence-electron chi connectivity index (χ4n) is 3.62. The van der Waals surface area contributed by atoms with Gasteiger partial charge in [-0.25, -0.2) is 0 Å². The molecule has 0 radical (unpaired) electrons. The molecule has 0 aliphatic heterocycles. The summed E-state index contributed by atoms with van der Waals surface area (Å²) in [6.45, 7) is 8.92. The largest absolute Gasteiger partial charge is 0.351 e. The molecule has 0 spiro atoms. The van der Waals surface area contributed by atoms with E-state index in [-0.39, 0.29) is 16.9 Å². The first-order valence-corrected chi connectivity index (χ1v) is 8.72. The first-order valence-electron chi connectivity index (χ1n) is 8.72. The van der Waals surface area contributed by atoms with Gasteiger partial charge in [0.25, 0.3) is 5.91 Å². The summed E-state index contributed by atoms with van der Waals surface area (Å²) in [6.07, 6.45) is 5.19. The summed E-state index contributed by atoms with van der Waals surface area (Å²) in [5.74, 6) is -0.0230. The topological polar surface area (TPSA) is 46.9 Å². The lowest BCUT2D eigenvalue weighted by Crippen LogP contribution is -2.45. The maximum Gasteiger partial charge on any atom is 0.254 e. The normalized spacial score (nSPS) is 16.5. The minimum Gasteiger partial charge on any atom is -0.351 e. The van der Waals surface area contributed by atoms with E-state index in [0.717, 1.165) is 18.5 Å². The first kappa shape index (κ1) is 16.7. The van der Waals surface area contributed by atoms with Gasteiger partial charge in [0.2, 0.25) is 0 Å². The Morgan fingerprint density at radius 3 is 2.42 bits per heavy atom. The van der Waals surface area contributed by atoms with Crippen molar-refractivity contribution in [3.8, 4) is 0 Å². The molecule has 0 saturated heterocycles. The molecule has 1 heterocycles. The van der Waals surface area contributed by atoms with Gasteiger partial charge in [0.15, 0.2) is 0 Å². The summed E-state index contributed by atoms with van der Waals surface area (Å²) in [5.41, 5.74) is 2.90. The van der Waals surface area contributed by atoms with Crippen molar-refractivity contribution >= 4 is 5.91 Å². The molecular formula is C20H27N3O. The van der Waals surface area contributed by atoms with Gasteiger partial charge in [-0.2, -0.15) is 5.10 Å². The average molecular weight is 325 g/mol. The molecule has 4 heteroatoms. The number of amides is 1. The van der Waals surface area contributed by atoms with Crippen LogP contribution < -0.4 is 5.32 Å². The summed E-state index contributed by atoms with van der Waals surface area (Å²) in [6, 6.07) is 10.5. The monoisotopic (exact) mass is 325 g/mol. The van der Waals surface area contributed by atoms with E-state index in [1.54, 1.807) is 6.20 Å². The Hall–Kier alpha value is -2.10. The Bertz CT molecular complexity index is 721. The van der Waals surface area contributed by atoms with E-state index >= 15 is 0 Å². The molecule has 1 aliphatic carbocycles. The molecule has 24 heavy (non-hydrogen) atoms. The Labute approximate surface area is 144 Å². The van der Waals surface area contributed by atoms with Crippen LogP contribution in [0.5, 0.6) is 0 Å². The van der Waals surface area contributed by atoms with E-state index in [1.165, 1.54) is 12.0 Å². The molecular weight excluding hydrogens is 298 g/mol. The fourth-order valence-corrected chi connectivity index (χ4v) is 3.62. The van der Waals surface area contributed by atoms with Gasteiger partial charge in [0.1, 0.15) is 0 Å². The van der Waals surface area contributed by atoms with Gasteiger partial charge in [-0.3, -0.25) is 9.48 Å². The number of carbonyl (C=O) groups is 1. The molecule has 2 aromatic rings. The van der Waals surface area contributed by atoms with Crippen LogP contribution in [-0.2, 0) is 11.0 Å². The van der Waals surface area contributed by atoms with Crippen LogP contribution in [0.3, 0.4) is 0 Å². The third-order valence-corrected chi connectivity index (χ3v) is 5.17. The second kappa shape index (κ2) is 6.08. The van der Waals surface area contributed by atoms with E-state index < -0.39 is 0 Å².